The predicted molar refractivity (Wildman–Crippen MR) is 110 cm³/mol. The number of carbonyl (C=O) groups excluding carboxylic acids is 1. The summed E-state index contributed by atoms with van der Waals surface area (Å²) >= 11 is 0. The molecule has 0 saturated heterocycles. The minimum Gasteiger partial charge on any atom is -0.465 e. The number of methoxy groups -OCH3 is 1. The summed E-state index contributed by atoms with van der Waals surface area (Å²) in [6.07, 6.45) is 1.85. The van der Waals surface area contributed by atoms with Crippen LogP contribution in [0.1, 0.15) is 38.4 Å². The topological polar surface area (TPSA) is 43.6 Å². The Labute approximate surface area is 160 Å². The second kappa shape index (κ2) is 7.62. The molecule has 3 rings (SSSR count). The Morgan fingerprint density at radius 1 is 1.00 bits per heavy atom. The predicted octanol–water partition coefficient (Wildman–Crippen LogP) is 5.25. The number of hydrogen-bond acceptors (Lipinski definition) is 3. The lowest BCUT2D eigenvalue weighted by Crippen LogP contribution is -2.00. The standard InChI is InChI=1S/C23H24N2O2/c1-15-9-16(2)11-22(10-15)25-17(3)12-20(18(25)4)14-24-21-8-6-7-19(13-21)23(26)27-5/h6-14H,1-5H3. The molecule has 1 aromatic heterocycles. The van der Waals surface area contributed by atoms with Crippen molar-refractivity contribution in [3.05, 3.63) is 82.2 Å². The molecule has 0 saturated carbocycles. The van der Waals surface area contributed by atoms with E-state index in [0.717, 1.165) is 22.6 Å². The second-order valence-corrected chi connectivity index (χ2v) is 6.81. The average Bonchev–Trinajstić information content (AvgIpc) is 2.92. The molecule has 0 atom stereocenters. The molecule has 0 spiro atoms. The van der Waals surface area contributed by atoms with E-state index < -0.39 is 0 Å². The van der Waals surface area contributed by atoms with Gasteiger partial charge >= 0.3 is 5.97 Å². The summed E-state index contributed by atoms with van der Waals surface area (Å²) in [4.78, 5) is 16.2. The van der Waals surface area contributed by atoms with Crippen LogP contribution in [-0.2, 0) is 4.74 Å². The van der Waals surface area contributed by atoms with Crippen LogP contribution in [0.4, 0.5) is 5.69 Å². The van der Waals surface area contributed by atoms with Gasteiger partial charge in [-0.3, -0.25) is 4.99 Å². The largest absolute Gasteiger partial charge is 0.465 e. The Kier molecular flexibility index (Phi) is 5.26. The van der Waals surface area contributed by atoms with Crippen LogP contribution >= 0.6 is 0 Å². The fourth-order valence-electron chi connectivity index (χ4n) is 3.37. The molecule has 0 unspecified atom stereocenters. The van der Waals surface area contributed by atoms with Crippen LogP contribution in [-0.4, -0.2) is 23.9 Å². The first kappa shape index (κ1) is 18.6. The van der Waals surface area contributed by atoms with E-state index in [0.29, 0.717) is 11.3 Å². The maximum Gasteiger partial charge on any atom is 0.337 e. The minimum absolute atomic E-state index is 0.361. The highest BCUT2D eigenvalue weighted by atomic mass is 16.5. The van der Waals surface area contributed by atoms with Gasteiger partial charge in [0.05, 0.1) is 18.4 Å². The first-order chi connectivity index (χ1) is 12.9. The van der Waals surface area contributed by atoms with Crippen molar-refractivity contribution in [3.8, 4) is 5.69 Å². The van der Waals surface area contributed by atoms with Crippen LogP contribution < -0.4 is 0 Å². The highest BCUT2D eigenvalue weighted by Crippen LogP contribution is 2.23. The molecule has 0 radical (unpaired) electrons. The number of aliphatic imine (C=N–C) groups is 1. The van der Waals surface area contributed by atoms with Gasteiger partial charge in [-0.25, -0.2) is 4.79 Å². The molecule has 1 heterocycles. The smallest absolute Gasteiger partial charge is 0.337 e. The normalized spacial score (nSPS) is 11.1. The zero-order chi connectivity index (χ0) is 19.6. The van der Waals surface area contributed by atoms with Gasteiger partial charge in [-0.1, -0.05) is 12.1 Å². The van der Waals surface area contributed by atoms with Crippen molar-refractivity contribution >= 4 is 17.9 Å². The van der Waals surface area contributed by atoms with Crippen LogP contribution in [0.5, 0.6) is 0 Å². The number of carbonyl (C=O) groups is 1. The summed E-state index contributed by atoms with van der Waals surface area (Å²) in [5, 5.41) is 0. The van der Waals surface area contributed by atoms with Gasteiger partial charge in [-0.15, -0.1) is 0 Å². The number of hydrogen-bond donors (Lipinski definition) is 0. The third-order valence-electron chi connectivity index (χ3n) is 4.55. The number of aryl methyl sites for hydroxylation is 3. The van der Waals surface area contributed by atoms with Crippen LogP contribution in [0.3, 0.4) is 0 Å². The first-order valence-electron chi connectivity index (χ1n) is 8.89. The molecule has 3 aromatic rings. The molecule has 27 heavy (non-hydrogen) atoms. The van der Waals surface area contributed by atoms with E-state index in [4.69, 9.17) is 4.74 Å². The van der Waals surface area contributed by atoms with E-state index in [2.05, 4.69) is 61.5 Å². The van der Waals surface area contributed by atoms with E-state index in [1.54, 1.807) is 18.2 Å². The summed E-state index contributed by atoms with van der Waals surface area (Å²) in [5.74, 6) is -0.361. The van der Waals surface area contributed by atoms with E-state index in [1.165, 1.54) is 18.2 Å². The quantitative estimate of drug-likeness (QED) is 0.471. The van der Waals surface area contributed by atoms with Gasteiger partial charge in [0, 0.05) is 28.9 Å². The van der Waals surface area contributed by atoms with E-state index in [-0.39, 0.29) is 5.97 Å². The third-order valence-corrected chi connectivity index (χ3v) is 4.55. The van der Waals surface area contributed by atoms with Crippen molar-refractivity contribution in [2.24, 2.45) is 4.99 Å². The molecule has 0 N–H and O–H groups in total. The van der Waals surface area contributed by atoms with Crippen LogP contribution in [0.2, 0.25) is 0 Å². The molecular weight excluding hydrogens is 336 g/mol. The molecule has 0 aliphatic rings. The van der Waals surface area contributed by atoms with Crippen LogP contribution in [0, 0.1) is 27.7 Å². The summed E-state index contributed by atoms with van der Waals surface area (Å²) in [6.45, 7) is 8.42. The maximum atomic E-state index is 11.7. The fourth-order valence-corrected chi connectivity index (χ4v) is 3.37. The zero-order valence-corrected chi connectivity index (χ0v) is 16.4. The maximum absolute atomic E-state index is 11.7. The van der Waals surface area contributed by atoms with E-state index in [9.17, 15) is 4.79 Å². The molecule has 0 amide bonds. The van der Waals surface area contributed by atoms with Gasteiger partial charge in [-0.2, -0.15) is 0 Å². The van der Waals surface area contributed by atoms with E-state index >= 15 is 0 Å². The summed E-state index contributed by atoms with van der Waals surface area (Å²) in [5.41, 5.74) is 8.19. The number of nitrogens with zero attached hydrogens (tertiary/aromatic N) is 2. The Morgan fingerprint density at radius 2 is 1.70 bits per heavy atom. The molecule has 0 fully saturated rings. The molecule has 138 valence electrons. The summed E-state index contributed by atoms with van der Waals surface area (Å²) in [7, 11) is 1.38. The van der Waals surface area contributed by atoms with Gasteiger partial charge in [0.1, 0.15) is 0 Å². The highest BCUT2D eigenvalue weighted by Gasteiger charge is 2.10. The van der Waals surface area contributed by atoms with Crippen molar-refractivity contribution < 1.29 is 9.53 Å². The summed E-state index contributed by atoms with van der Waals surface area (Å²) < 4.78 is 7.01. The Hall–Kier alpha value is -3.14. The molecule has 0 bridgehead atoms. The number of esters is 1. The molecule has 2 aromatic carbocycles. The van der Waals surface area contributed by atoms with Gasteiger partial charge in [0.15, 0.2) is 0 Å². The SMILES string of the molecule is COC(=O)c1cccc(N=Cc2cc(C)n(-c3cc(C)cc(C)c3)c2C)c1. The molecule has 0 aliphatic carbocycles. The van der Waals surface area contributed by atoms with E-state index in [1.807, 2.05) is 12.3 Å². The number of rotatable bonds is 4. The van der Waals surface area contributed by atoms with Gasteiger partial charge in [0.25, 0.3) is 0 Å². The van der Waals surface area contributed by atoms with Crippen molar-refractivity contribution in [1.29, 1.82) is 0 Å². The van der Waals surface area contributed by atoms with Crippen molar-refractivity contribution in [1.82, 2.24) is 4.57 Å². The Morgan fingerprint density at radius 3 is 2.37 bits per heavy atom. The summed E-state index contributed by atoms with van der Waals surface area (Å²) in [6, 6.07) is 15.8. The Balaban J connectivity index is 1.95. The lowest BCUT2D eigenvalue weighted by Gasteiger charge is -2.11. The minimum atomic E-state index is -0.361. The number of benzene rings is 2. The zero-order valence-electron chi connectivity index (χ0n) is 16.4. The van der Waals surface area contributed by atoms with Crippen molar-refractivity contribution in [3.63, 3.8) is 0 Å². The monoisotopic (exact) mass is 360 g/mol. The van der Waals surface area contributed by atoms with Crippen molar-refractivity contribution in [2.45, 2.75) is 27.7 Å². The van der Waals surface area contributed by atoms with Crippen LogP contribution in [0.15, 0.2) is 53.5 Å². The number of aromatic nitrogens is 1. The number of ether oxygens (including phenoxy) is 1. The third kappa shape index (κ3) is 4.00. The highest BCUT2D eigenvalue weighted by molar-refractivity contribution is 5.91. The molecule has 4 heteroatoms. The van der Waals surface area contributed by atoms with Crippen LogP contribution in [0.25, 0.3) is 5.69 Å². The molecule has 0 aliphatic heterocycles. The molecular formula is C23H24N2O2. The molecule has 4 nitrogen and oxygen atoms in total. The fraction of sp³-hybridized carbons (Fsp3) is 0.217. The lowest BCUT2D eigenvalue weighted by molar-refractivity contribution is 0.0601. The van der Waals surface area contributed by atoms with Crippen molar-refractivity contribution in [2.75, 3.05) is 7.11 Å². The first-order valence-corrected chi connectivity index (χ1v) is 8.89. The van der Waals surface area contributed by atoms with Gasteiger partial charge in [0.2, 0.25) is 0 Å². The van der Waals surface area contributed by atoms with Gasteiger partial charge < -0.3 is 9.30 Å². The lowest BCUT2D eigenvalue weighted by atomic mass is 10.1. The Bertz CT molecular complexity index is 1010. The second-order valence-electron chi connectivity index (χ2n) is 6.81. The average molecular weight is 360 g/mol. The van der Waals surface area contributed by atoms with Gasteiger partial charge in [-0.05, 0) is 75.2 Å².